The molecule has 0 saturated carbocycles. The van der Waals surface area contributed by atoms with Gasteiger partial charge in [0.2, 0.25) is 0 Å². The van der Waals surface area contributed by atoms with Crippen molar-refractivity contribution in [2.24, 2.45) is 0 Å². The fourth-order valence-corrected chi connectivity index (χ4v) is 0. The van der Waals surface area contributed by atoms with Gasteiger partial charge in [-0.2, -0.15) is 0 Å². The van der Waals surface area contributed by atoms with Crippen molar-refractivity contribution in [3.05, 3.63) is 26.3 Å². The molecule has 112 valence electrons. The quantitative estimate of drug-likeness (QED) is 0.414. The standard InChI is InChI=1S/C4H10.C3H8.3C2H6.2C2H4/c1-3-4-2;1-3-2;5*1-2/h3-4H2,1-2H3;3H2,1-2H3;3*1-2H3;2*1-2H2. The van der Waals surface area contributed by atoms with E-state index in [9.17, 15) is 0 Å². The van der Waals surface area contributed by atoms with Crippen LogP contribution in [0.15, 0.2) is 26.3 Å². The molecule has 0 spiro atoms. The van der Waals surface area contributed by atoms with Gasteiger partial charge in [0.15, 0.2) is 0 Å². The van der Waals surface area contributed by atoms with E-state index >= 15 is 0 Å². The molecule has 0 nitrogen and oxygen atoms in total. The Balaban J connectivity index is -0.0000000141. The molecule has 0 rings (SSSR count). The minimum Gasteiger partial charge on any atom is -0.106 e. The molecule has 0 aromatic heterocycles. The maximum atomic E-state index is 3.00. The Kier molecular flexibility index (Phi) is 1360. The van der Waals surface area contributed by atoms with E-state index in [0.29, 0.717) is 0 Å². The molecule has 0 aromatic rings. The molecule has 0 amide bonds. The fourth-order valence-electron chi connectivity index (χ4n) is 0. The van der Waals surface area contributed by atoms with Gasteiger partial charge in [0, 0.05) is 0 Å². The van der Waals surface area contributed by atoms with Crippen LogP contribution in [0.2, 0.25) is 0 Å². The van der Waals surface area contributed by atoms with E-state index in [1.54, 1.807) is 0 Å². The molecule has 0 aliphatic rings. The lowest BCUT2D eigenvalue weighted by molar-refractivity contribution is 0.886. The van der Waals surface area contributed by atoms with E-state index < -0.39 is 0 Å². The van der Waals surface area contributed by atoms with Crippen LogP contribution < -0.4 is 0 Å². The lowest BCUT2D eigenvalue weighted by atomic mass is 10.4. The van der Waals surface area contributed by atoms with Crippen molar-refractivity contribution in [3.63, 3.8) is 0 Å². The van der Waals surface area contributed by atoms with Crippen LogP contribution in [0.25, 0.3) is 0 Å². The van der Waals surface area contributed by atoms with E-state index in [-0.39, 0.29) is 0 Å². The van der Waals surface area contributed by atoms with E-state index in [1.807, 2.05) is 41.5 Å². The van der Waals surface area contributed by atoms with Gasteiger partial charge in [-0.15, -0.1) is 26.3 Å². The van der Waals surface area contributed by atoms with Gasteiger partial charge in [0.05, 0.1) is 0 Å². The van der Waals surface area contributed by atoms with Crippen LogP contribution in [-0.2, 0) is 0 Å². The van der Waals surface area contributed by atoms with Gasteiger partial charge < -0.3 is 0 Å². The van der Waals surface area contributed by atoms with Crippen LogP contribution >= 0.6 is 0 Å². The molecule has 0 unspecified atom stereocenters. The summed E-state index contributed by atoms with van der Waals surface area (Å²) in [6.45, 7) is 32.6. The summed E-state index contributed by atoms with van der Waals surface area (Å²) < 4.78 is 0. The first-order chi connectivity index (χ1) is 8.33. The summed E-state index contributed by atoms with van der Waals surface area (Å²) in [6, 6.07) is 0. The molecule has 0 aromatic carbocycles. The average Bonchev–Trinajstić information content (AvgIpc) is 2.50. The van der Waals surface area contributed by atoms with Crippen molar-refractivity contribution in [1.29, 1.82) is 0 Å². The van der Waals surface area contributed by atoms with Crippen LogP contribution in [0.3, 0.4) is 0 Å². The van der Waals surface area contributed by atoms with E-state index in [1.165, 1.54) is 19.3 Å². The zero-order valence-corrected chi connectivity index (χ0v) is 14.9. The van der Waals surface area contributed by atoms with Gasteiger partial charge in [-0.25, -0.2) is 0 Å². The van der Waals surface area contributed by atoms with Crippen LogP contribution in [0.1, 0.15) is 88.5 Å². The largest absolute Gasteiger partial charge is 0.106 e. The van der Waals surface area contributed by atoms with Crippen LogP contribution in [-0.4, -0.2) is 0 Å². The molecule has 0 aliphatic carbocycles. The van der Waals surface area contributed by atoms with Crippen LogP contribution in [0, 0.1) is 0 Å². The Bertz CT molecular complexity index is 19.2. The SMILES string of the molecule is C=C.C=C.CC.CC.CC.CCC.CCCC. The Hall–Kier alpha value is -0.520. The first-order valence-electron chi connectivity index (χ1n) is 7.33. The second-order valence-corrected chi connectivity index (χ2v) is 1.71. The van der Waals surface area contributed by atoms with Gasteiger partial charge in [0.1, 0.15) is 0 Å². The highest BCUT2D eigenvalue weighted by molar-refractivity contribution is 4.22. The van der Waals surface area contributed by atoms with Crippen molar-refractivity contribution >= 4 is 0 Å². The summed E-state index contributed by atoms with van der Waals surface area (Å²) in [7, 11) is 0. The van der Waals surface area contributed by atoms with Gasteiger partial charge in [-0.1, -0.05) is 88.5 Å². The highest BCUT2D eigenvalue weighted by atomic mass is 13.6. The molecule has 0 bridgehead atoms. The molecular formula is C17H44. The third-order valence-corrected chi connectivity index (χ3v) is 0.500. The average molecular weight is 249 g/mol. The smallest absolute Gasteiger partial charge is 0.0564 e. The highest BCUT2D eigenvalue weighted by Gasteiger charge is 1.56. The molecular weight excluding hydrogens is 204 g/mol. The topological polar surface area (TPSA) is 0 Å². The maximum Gasteiger partial charge on any atom is -0.0564 e. The summed E-state index contributed by atoms with van der Waals surface area (Å²) in [5.41, 5.74) is 0. The molecule has 0 heterocycles. The van der Waals surface area contributed by atoms with Crippen molar-refractivity contribution in [2.75, 3.05) is 0 Å². The molecule has 0 atom stereocenters. The van der Waals surface area contributed by atoms with Crippen molar-refractivity contribution < 1.29 is 0 Å². The van der Waals surface area contributed by atoms with Crippen molar-refractivity contribution in [3.8, 4) is 0 Å². The first-order valence-corrected chi connectivity index (χ1v) is 7.33. The van der Waals surface area contributed by atoms with Gasteiger partial charge in [0.25, 0.3) is 0 Å². The first kappa shape index (κ1) is 43.9. The normalized spacial score (nSPS) is 4.35. The molecule has 0 saturated heterocycles. The summed E-state index contributed by atoms with van der Waals surface area (Å²) in [5, 5.41) is 0. The summed E-state index contributed by atoms with van der Waals surface area (Å²) in [5.74, 6) is 0. The zero-order chi connectivity index (χ0) is 16.1. The van der Waals surface area contributed by atoms with E-state index in [2.05, 4.69) is 54.0 Å². The number of hydrogen-bond donors (Lipinski definition) is 0. The number of hydrogen-bond acceptors (Lipinski definition) is 0. The maximum absolute atomic E-state index is 3.00. The second-order valence-electron chi connectivity index (χ2n) is 1.71. The van der Waals surface area contributed by atoms with Crippen molar-refractivity contribution in [2.45, 2.75) is 88.5 Å². The predicted octanol–water partition coefficient (Wildman–Crippen LogP) is 7.91. The van der Waals surface area contributed by atoms with E-state index in [4.69, 9.17) is 0 Å². The minimum atomic E-state index is 1.25. The van der Waals surface area contributed by atoms with Gasteiger partial charge in [-0.3, -0.25) is 0 Å². The molecule has 0 N–H and O–H groups in total. The highest BCUT2D eigenvalue weighted by Crippen LogP contribution is 1.76. The minimum absolute atomic E-state index is 1.25. The Labute approximate surface area is 115 Å². The Morgan fingerprint density at radius 2 is 0.529 bits per heavy atom. The number of unbranched alkanes of at least 4 members (excludes halogenated alkanes) is 1. The summed E-state index contributed by atoms with van der Waals surface area (Å²) in [4.78, 5) is 0. The van der Waals surface area contributed by atoms with Crippen molar-refractivity contribution in [1.82, 2.24) is 0 Å². The van der Waals surface area contributed by atoms with Gasteiger partial charge in [-0.05, 0) is 0 Å². The van der Waals surface area contributed by atoms with Gasteiger partial charge >= 0.3 is 0 Å². The third kappa shape index (κ3) is 12200. The molecule has 0 radical (unpaired) electrons. The number of rotatable bonds is 1. The molecule has 0 heteroatoms. The zero-order valence-electron chi connectivity index (χ0n) is 14.9. The molecule has 17 heavy (non-hydrogen) atoms. The molecule has 0 aliphatic heterocycles. The third-order valence-electron chi connectivity index (χ3n) is 0.500. The van der Waals surface area contributed by atoms with E-state index in [0.717, 1.165) is 0 Å². The monoisotopic (exact) mass is 248 g/mol. The molecule has 0 fully saturated rings. The predicted molar refractivity (Wildman–Crippen MR) is 93.1 cm³/mol. The summed E-state index contributed by atoms with van der Waals surface area (Å²) in [6.07, 6.45) is 3.89. The lowest BCUT2D eigenvalue weighted by Crippen LogP contribution is -1.47. The Morgan fingerprint density at radius 3 is 0.529 bits per heavy atom. The fraction of sp³-hybridized carbons (Fsp3) is 0.765. The van der Waals surface area contributed by atoms with Crippen LogP contribution in [0.4, 0.5) is 0 Å². The lowest BCUT2D eigenvalue weighted by Gasteiger charge is -1.68. The van der Waals surface area contributed by atoms with Crippen LogP contribution in [0.5, 0.6) is 0 Å². The Morgan fingerprint density at radius 1 is 0.471 bits per heavy atom. The summed E-state index contributed by atoms with van der Waals surface area (Å²) >= 11 is 0. The second kappa shape index (κ2) is 528.